The first-order chi connectivity index (χ1) is 8.74. The Morgan fingerprint density at radius 2 is 1.89 bits per heavy atom. The number of carbonyl (C=O) groups excluding carboxylic acids is 1. The maximum Gasteiger partial charge on any atom is 0.223 e. The monoisotopic (exact) mass is 273 g/mol. The fraction of sp³-hybridized carbons (Fsp3) is 0.833. The molecule has 3 N–H and O–H groups in total. The zero-order chi connectivity index (χ0) is 13.2. The molecule has 5 nitrogen and oxygen atoms in total. The number of ether oxygens (including phenoxy) is 1. The van der Waals surface area contributed by atoms with E-state index in [1.54, 1.807) is 0 Å². The van der Waals surface area contributed by atoms with Gasteiger partial charge in [-0.3, -0.25) is 4.79 Å². The van der Waals surface area contributed by atoms with Gasteiger partial charge >= 0.3 is 0 Å². The Labute approximate surface area is 114 Å². The van der Waals surface area contributed by atoms with E-state index in [0.29, 0.717) is 18.2 Å². The van der Waals surface area contributed by atoms with Crippen molar-refractivity contribution >= 4 is 23.2 Å². The Bertz CT molecular complexity index is 270. The minimum Gasteiger partial charge on any atom is -0.382 e. The molecule has 0 aliphatic heterocycles. The second-order valence-electron chi connectivity index (χ2n) is 4.30. The Morgan fingerprint density at radius 1 is 1.22 bits per heavy atom. The third kappa shape index (κ3) is 7.45. The van der Waals surface area contributed by atoms with Gasteiger partial charge in [0.2, 0.25) is 5.91 Å². The highest BCUT2D eigenvalue weighted by Gasteiger charge is 2.28. The van der Waals surface area contributed by atoms with Crippen LogP contribution < -0.4 is 16.0 Å². The Morgan fingerprint density at radius 3 is 2.56 bits per heavy atom. The minimum atomic E-state index is 0.174. The van der Waals surface area contributed by atoms with Gasteiger partial charge in [0.05, 0.1) is 0 Å². The summed E-state index contributed by atoms with van der Waals surface area (Å²) < 4.78 is 5.22. The lowest BCUT2D eigenvalue weighted by atomic mass is 10.4. The van der Waals surface area contributed by atoms with Gasteiger partial charge in [-0.1, -0.05) is 0 Å². The van der Waals surface area contributed by atoms with Crippen molar-refractivity contribution in [2.45, 2.75) is 26.2 Å². The third-order valence-electron chi connectivity index (χ3n) is 2.61. The summed E-state index contributed by atoms with van der Waals surface area (Å²) >= 11 is 5.10. The van der Waals surface area contributed by atoms with E-state index in [0.717, 1.165) is 39.0 Å². The molecule has 0 heterocycles. The molecule has 1 saturated carbocycles. The highest BCUT2D eigenvalue weighted by molar-refractivity contribution is 7.80. The summed E-state index contributed by atoms with van der Waals surface area (Å²) in [5.74, 6) is 0.445. The zero-order valence-electron chi connectivity index (χ0n) is 11.0. The van der Waals surface area contributed by atoms with Gasteiger partial charge < -0.3 is 20.7 Å². The molecule has 18 heavy (non-hydrogen) atoms. The molecule has 0 aromatic carbocycles. The van der Waals surface area contributed by atoms with Gasteiger partial charge in [-0.05, 0) is 38.4 Å². The number of rotatable bonds is 9. The summed E-state index contributed by atoms with van der Waals surface area (Å²) in [5, 5.41) is 9.65. The summed E-state index contributed by atoms with van der Waals surface area (Å²) in [6.07, 6.45) is 3.02. The standard InChI is InChI=1S/C12H23N3O2S/c1-2-17-9-3-6-14-12(18)15-8-7-13-11(16)10-4-5-10/h10H,2-9H2,1H3,(H,13,16)(H2,14,15,18). The van der Waals surface area contributed by atoms with E-state index >= 15 is 0 Å². The van der Waals surface area contributed by atoms with Gasteiger partial charge in [0, 0.05) is 38.8 Å². The molecule has 1 amide bonds. The normalized spacial score (nSPS) is 14.1. The Kier molecular flexibility index (Phi) is 7.68. The summed E-state index contributed by atoms with van der Waals surface area (Å²) in [6, 6.07) is 0. The van der Waals surface area contributed by atoms with Crippen LogP contribution in [0, 0.1) is 5.92 Å². The van der Waals surface area contributed by atoms with E-state index in [2.05, 4.69) is 16.0 Å². The molecular formula is C12H23N3O2S. The molecule has 0 atom stereocenters. The maximum absolute atomic E-state index is 11.3. The minimum absolute atomic E-state index is 0.174. The molecular weight excluding hydrogens is 250 g/mol. The van der Waals surface area contributed by atoms with Gasteiger partial charge in [-0.15, -0.1) is 0 Å². The first-order valence-electron chi connectivity index (χ1n) is 6.61. The van der Waals surface area contributed by atoms with E-state index in [1.165, 1.54) is 0 Å². The fourth-order valence-corrected chi connectivity index (χ4v) is 1.64. The van der Waals surface area contributed by atoms with Crippen LogP contribution in [0.3, 0.4) is 0 Å². The molecule has 0 aromatic rings. The lowest BCUT2D eigenvalue weighted by Crippen LogP contribution is -2.40. The van der Waals surface area contributed by atoms with Gasteiger partial charge in [-0.2, -0.15) is 0 Å². The van der Waals surface area contributed by atoms with Gasteiger partial charge in [0.25, 0.3) is 0 Å². The van der Waals surface area contributed by atoms with Crippen LogP contribution in [0.4, 0.5) is 0 Å². The molecule has 0 bridgehead atoms. The second kappa shape index (κ2) is 9.10. The number of nitrogens with one attached hydrogen (secondary N) is 3. The predicted octanol–water partition coefficient (Wildman–Crippen LogP) is 0.403. The number of carbonyl (C=O) groups is 1. The summed E-state index contributed by atoms with van der Waals surface area (Å²) in [4.78, 5) is 11.3. The van der Waals surface area contributed by atoms with E-state index in [9.17, 15) is 4.79 Å². The van der Waals surface area contributed by atoms with Crippen molar-refractivity contribution in [2.75, 3.05) is 32.8 Å². The molecule has 1 aliphatic carbocycles. The summed E-state index contributed by atoms with van der Waals surface area (Å²) in [6.45, 7) is 5.58. The highest BCUT2D eigenvalue weighted by atomic mass is 32.1. The van der Waals surface area contributed by atoms with Crippen molar-refractivity contribution in [1.82, 2.24) is 16.0 Å². The number of hydrogen-bond donors (Lipinski definition) is 3. The fourth-order valence-electron chi connectivity index (χ4n) is 1.43. The molecule has 6 heteroatoms. The van der Waals surface area contributed by atoms with Crippen LogP contribution in [0.2, 0.25) is 0 Å². The average Bonchev–Trinajstić information content (AvgIpc) is 3.18. The maximum atomic E-state index is 11.3. The largest absolute Gasteiger partial charge is 0.382 e. The van der Waals surface area contributed by atoms with E-state index < -0.39 is 0 Å². The Balaban J connectivity index is 1.85. The molecule has 1 aliphatic rings. The van der Waals surface area contributed by atoms with Crippen LogP contribution in [0.25, 0.3) is 0 Å². The molecule has 1 rings (SSSR count). The number of hydrogen-bond acceptors (Lipinski definition) is 3. The van der Waals surface area contributed by atoms with Crippen LogP contribution in [0.15, 0.2) is 0 Å². The lowest BCUT2D eigenvalue weighted by molar-refractivity contribution is -0.122. The van der Waals surface area contributed by atoms with Crippen LogP contribution in [-0.4, -0.2) is 43.9 Å². The molecule has 0 saturated heterocycles. The van der Waals surface area contributed by atoms with Gasteiger partial charge in [-0.25, -0.2) is 0 Å². The van der Waals surface area contributed by atoms with Gasteiger partial charge in [0.15, 0.2) is 5.11 Å². The van der Waals surface area contributed by atoms with E-state index in [4.69, 9.17) is 17.0 Å². The molecule has 0 spiro atoms. The molecule has 0 aromatic heterocycles. The molecule has 0 unspecified atom stereocenters. The highest BCUT2D eigenvalue weighted by Crippen LogP contribution is 2.28. The van der Waals surface area contributed by atoms with Gasteiger partial charge in [0.1, 0.15) is 0 Å². The number of thiocarbonyl (C=S) groups is 1. The third-order valence-corrected chi connectivity index (χ3v) is 2.90. The van der Waals surface area contributed by atoms with Crippen molar-refractivity contribution in [2.24, 2.45) is 5.92 Å². The quantitative estimate of drug-likeness (QED) is 0.419. The van der Waals surface area contributed by atoms with E-state index in [1.807, 2.05) is 6.92 Å². The van der Waals surface area contributed by atoms with Crippen molar-refractivity contribution in [1.29, 1.82) is 0 Å². The van der Waals surface area contributed by atoms with Crippen LogP contribution in [0.5, 0.6) is 0 Å². The van der Waals surface area contributed by atoms with Crippen molar-refractivity contribution in [3.63, 3.8) is 0 Å². The summed E-state index contributed by atoms with van der Waals surface area (Å²) in [5.41, 5.74) is 0. The first kappa shape index (κ1) is 15.2. The molecule has 0 radical (unpaired) electrons. The summed E-state index contributed by atoms with van der Waals surface area (Å²) in [7, 11) is 0. The zero-order valence-corrected chi connectivity index (χ0v) is 11.8. The average molecular weight is 273 g/mol. The SMILES string of the molecule is CCOCCCNC(=S)NCCNC(=O)C1CC1. The lowest BCUT2D eigenvalue weighted by Gasteiger charge is -2.10. The van der Waals surface area contributed by atoms with Crippen LogP contribution >= 0.6 is 12.2 Å². The van der Waals surface area contributed by atoms with Crippen LogP contribution in [0.1, 0.15) is 26.2 Å². The first-order valence-corrected chi connectivity index (χ1v) is 7.02. The van der Waals surface area contributed by atoms with Crippen molar-refractivity contribution in [3.05, 3.63) is 0 Å². The second-order valence-corrected chi connectivity index (χ2v) is 4.71. The van der Waals surface area contributed by atoms with Crippen LogP contribution in [-0.2, 0) is 9.53 Å². The Hall–Kier alpha value is -0.880. The molecule has 1 fully saturated rings. The topological polar surface area (TPSA) is 62.4 Å². The van der Waals surface area contributed by atoms with Crippen molar-refractivity contribution in [3.8, 4) is 0 Å². The smallest absolute Gasteiger partial charge is 0.223 e. The molecule has 104 valence electrons. The van der Waals surface area contributed by atoms with Crippen molar-refractivity contribution < 1.29 is 9.53 Å². The van der Waals surface area contributed by atoms with E-state index in [-0.39, 0.29) is 11.8 Å². The predicted molar refractivity (Wildman–Crippen MR) is 75.4 cm³/mol. The number of amides is 1.